The van der Waals surface area contributed by atoms with Crippen LogP contribution in [0.25, 0.3) is 0 Å². The topological polar surface area (TPSA) is 97.0 Å². The van der Waals surface area contributed by atoms with E-state index in [0.717, 1.165) is 10.6 Å². The fraction of sp³-hybridized carbons (Fsp3) is 0.348. The Morgan fingerprint density at radius 3 is 2.38 bits per heavy atom. The summed E-state index contributed by atoms with van der Waals surface area (Å²) in [6, 6.07) is 12.6. The van der Waals surface area contributed by atoms with Crippen LogP contribution in [0.4, 0.5) is 11.4 Å². The van der Waals surface area contributed by atoms with E-state index in [4.69, 9.17) is 9.47 Å². The van der Waals surface area contributed by atoms with Gasteiger partial charge in [-0.15, -0.1) is 11.8 Å². The molecule has 4 rings (SSSR count). The molecular weight excluding hydrogens is 430 g/mol. The summed E-state index contributed by atoms with van der Waals surface area (Å²) in [6.07, 6.45) is 1.07. The van der Waals surface area contributed by atoms with Gasteiger partial charge in [-0.1, -0.05) is 12.1 Å². The lowest BCUT2D eigenvalue weighted by molar-refractivity contribution is -0.136. The molecule has 0 unspecified atom stereocenters. The molecule has 0 spiro atoms. The van der Waals surface area contributed by atoms with Gasteiger partial charge < -0.3 is 25.0 Å². The highest BCUT2D eigenvalue weighted by Crippen LogP contribution is 2.36. The molecule has 0 aliphatic carbocycles. The van der Waals surface area contributed by atoms with Crippen LogP contribution >= 0.6 is 11.8 Å². The second-order valence-electron chi connectivity index (χ2n) is 7.67. The van der Waals surface area contributed by atoms with E-state index in [-0.39, 0.29) is 23.6 Å². The van der Waals surface area contributed by atoms with E-state index in [0.29, 0.717) is 43.1 Å². The Morgan fingerprint density at radius 2 is 1.72 bits per heavy atom. The van der Waals surface area contributed by atoms with Crippen LogP contribution in [0.15, 0.2) is 47.4 Å². The van der Waals surface area contributed by atoms with Crippen molar-refractivity contribution in [3.8, 4) is 11.5 Å². The number of ether oxygens (including phenoxy) is 2. The summed E-state index contributed by atoms with van der Waals surface area (Å²) in [6.45, 7) is 0.870. The van der Waals surface area contributed by atoms with Gasteiger partial charge in [-0.05, 0) is 25.0 Å². The molecular formula is C23H25N3O5S. The third kappa shape index (κ3) is 4.67. The van der Waals surface area contributed by atoms with Crippen LogP contribution in [0.5, 0.6) is 11.5 Å². The standard InChI is InChI=1S/C23H25N3O5S/c1-30-16-11-15(12-17(13-16)31-2)24-21(27)14-7-9-26(10-8-14)23(29)20-22(28)25-18-5-3-4-6-19(18)32-20/h3-6,11-14,20H,7-10H2,1-2H3,(H,24,27)(H,25,28)/t20-/m0/s1. The van der Waals surface area contributed by atoms with Crippen molar-refractivity contribution in [3.05, 3.63) is 42.5 Å². The van der Waals surface area contributed by atoms with Gasteiger partial charge in [-0.3, -0.25) is 14.4 Å². The first-order chi connectivity index (χ1) is 15.5. The Kier molecular flexibility index (Phi) is 6.55. The van der Waals surface area contributed by atoms with Gasteiger partial charge in [0, 0.05) is 47.8 Å². The van der Waals surface area contributed by atoms with Gasteiger partial charge in [0.25, 0.3) is 0 Å². The number of nitrogens with one attached hydrogen (secondary N) is 2. The number of fused-ring (bicyclic) bond motifs is 1. The number of methoxy groups -OCH3 is 2. The largest absolute Gasteiger partial charge is 0.497 e. The van der Waals surface area contributed by atoms with E-state index >= 15 is 0 Å². The molecule has 9 heteroatoms. The van der Waals surface area contributed by atoms with Gasteiger partial charge in [0.05, 0.1) is 19.9 Å². The molecule has 8 nitrogen and oxygen atoms in total. The van der Waals surface area contributed by atoms with Crippen molar-refractivity contribution < 1.29 is 23.9 Å². The summed E-state index contributed by atoms with van der Waals surface area (Å²) in [4.78, 5) is 40.8. The number of carbonyl (C=O) groups excluding carboxylic acids is 3. The lowest BCUT2D eigenvalue weighted by Gasteiger charge is -2.34. The molecule has 32 heavy (non-hydrogen) atoms. The maximum Gasteiger partial charge on any atom is 0.247 e. The summed E-state index contributed by atoms with van der Waals surface area (Å²) in [5.41, 5.74) is 1.33. The lowest BCUT2D eigenvalue weighted by Crippen LogP contribution is -2.48. The minimum absolute atomic E-state index is 0.105. The Labute approximate surface area is 190 Å². The fourth-order valence-corrected chi connectivity index (χ4v) is 4.94. The Hall–Kier alpha value is -3.20. The molecule has 2 heterocycles. The van der Waals surface area contributed by atoms with Crippen LogP contribution in [0, 0.1) is 5.92 Å². The third-order valence-electron chi connectivity index (χ3n) is 5.65. The Balaban J connectivity index is 1.34. The number of benzene rings is 2. The van der Waals surface area contributed by atoms with Gasteiger partial charge in [-0.25, -0.2) is 0 Å². The van der Waals surface area contributed by atoms with Gasteiger partial charge in [0.2, 0.25) is 17.7 Å². The quantitative estimate of drug-likeness (QED) is 0.673. The molecule has 0 saturated carbocycles. The monoisotopic (exact) mass is 455 g/mol. The second kappa shape index (κ2) is 9.52. The number of hydrogen-bond acceptors (Lipinski definition) is 6. The minimum Gasteiger partial charge on any atom is -0.497 e. The summed E-state index contributed by atoms with van der Waals surface area (Å²) in [5.74, 6) is 0.342. The molecule has 1 fully saturated rings. The molecule has 1 atom stereocenters. The van der Waals surface area contributed by atoms with E-state index in [9.17, 15) is 14.4 Å². The molecule has 2 aliphatic heterocycles. The van der Waals surface area contributed by atoms with Crippen molar-refractivity contribution in [1.82, 2.24) is 4.90 Å². The molecule has 2 N–H and O–H groups in total. The van der Waals surface area contributed by atoms with Crippen LogP contribution in [-0.4, -0.2) is 55.2 Å². The molecule has 3 amide bonds. The van der Waals surface area contributed by atoms with Gasteiger partial charge in [0.1, 0.15) is 11.5 Å². The van der Waals surface area contributed by atoms with Crippen molar-refractivity contribution in [2.75, 3.05) is 37.9 Å². The molecule has 2 aromatic carbocycles. The van der Waals surface area contributed by atoms with E-state index in [1.807, 2.05) is 24.3 Å². The number of piperidine rings is 1. The molecule has 0 radical (unpaired) electrons. The van der Waals surface area contributed by atoms with Crippen molar-refractivity contribution in [2.45, 2.75) is 23.0 Å². The first kappa shape index (κ1) is 22.0. The van der Waals surface area contributed by atoms with Crippen LogP contribution < -0.4 is 20.1 Å². The maximum atomic E-state index is 13.0. The summed E-state index contributed by atoms with van der Waals surface area (Å²) in [5, 5.41) is 4.92. The fourth-order valence-electron chi connectivity index (χ4n) is 3.87. The average molecular weight is 456 g/mol. The number of likely N-dealkylation sites (tertiary alicyclic amines) is 1. The highest BCUT2D eigenvalue weighted by Gasteiger charge is 2.37. The van der Waals surface area contributed by atoms with Crippen LogP contribution in [0.2, 0.25) is 0 Å². The number of thioether (sulfide) groups is 1. The molecule has 0 bridgehead atoms. The number of anilines is 2. The maximum absolute atomic E-state index is 13.0. The van der Waals surface area contributed by atoms with E-state index in [2.05, 4.69) is 10.6 Å². The zero-order chi connectivity index (χ0) is 22.7. The van der Waals surface area contributed by atoms with Crippen molar-refractivity contribution >= 4 is 40.9 Å². The van der Waals surface area contributed by atoms with E-state index in [1.165, 1.54) is 11.8 Å². The number of rotatable bonds is 5. The number of amides is 3. The molecule has 0 aromatic heterocycles. The minimum atomic E-state index is -0.806. The molecule has 168 valence electrons. The summed E-state index contributed by atoms with van der Waals surface area (Å²) in [7, 11) is 3.10. The third-order valence-corrected chi connectivity index (χ3v) is 6.91. The van der Waals surface area contributed by atoms with Crippen molar-refractivity contribution in [2.24, 2.45) is 5.92 Å². The van der Waals surface area contributed by atoms with Gasteiger partial charge in [-0.2, -0.15) is 0 Å². The van der Waals surface area contributed by atoms with E-state index < -0.39 is 5.25 Å². The number of nitrogens with zero attached hydrogens (tertiary/aromatic N) is 1. The Morgan fingerprint density at radius 1 is 1.06 bits per heavy atom. The zero-order valence-electron chi connectivity index (χ0n) is 17.9. The van der Waals surface area contributed by atoms with Crippen LogP contribution in [0.3, 0.4) is 0 Å². The summed E-state index contributed by atoms with van der Waals surface area (Å²) < 4.78 is 10.5. The Bertz CT molecular complexity index is 1010. The van der Waals surface area contributed by atoms with Crippen LogP contribution in [0.1, 0.15) is 12.8 Å². The van der Waals surface area contributed by atoms with Crippen LogP contribution in [-0.2, 0) is 14.4 Å². The first-order valence-corrected chi connectivity index (χ1v) is 11.3. The van der Waals surface area contributed by atoms with Crippen molar-refractivity contribution in [1.29, 1.82) is 0 Å². The molecule has 2 aromatic rings. The highest BCUT2D eigenvalue weighted by molar-refractivity contribution is 8.01. The second-order valence-corrected chi connectivity index (χ2v) is 8.82. The normalized spacial score (nSPS) is 18.4. The number of carbonyl (C=O) groups is 3. The smallest absolute Gasteiger partial charge is 0.247 e. The lowest BCUT2D eigenvalue weighted by atomic mass is 9.95. The average Bonchev–Trinajstić information content (AvgIpc) is 2.82. The number of hydrogen-bond donors (Lipinski definition) is 2. The number of para-hydroxylation sites is 1. The molecule has 2 aliphatic rings. The van der Waals surface area contributed by atoms with Gasteiger partial charge >= 0.3 is 0 Å². The zero-order valence-corrected chi connectivity index (χ0v) is 18.7. The summed E-state index contributed by atoms with van der Waals surface area (Å²) >= 11 is 1.28. The SMILES string of the molecule is COc1cc(NC(=O)C2CCN(C(=O)[C@H]3Sc4ccccc4NC3=O)CC2)cc(OC)c1. The highest BCUT2D eigenvalue weighted by atomic mass is 32.2. The predicted octanol–water partition coefficient (Wildman–Crippen LogP) is 2.99. The first-order valence-electron chi connectivity index (χ1n) is 10.4. The predicted molar refractivity (Wildman–Crippen MR) is 122 cm³/mol. The van der Waals surface area contributed by atoms with Gasteiger partial charge in [0.15, 0.2) is 5.25 Å². The van der Waals surface area contributed by atoms with E-state index in [1.54, 1.807) is 37.3 Å². The van der Waals surface area contributed by atoms with Crippen molar-refractivity contribution in [3.63, 3.8) is 0 Å². The molecule has 1 saturated heterocycles.